The van der Waals surface area contributed by atoms with Crippen molar-refractivity contribution in [3.63, 3.8) is 0 Å². The number of thiazole rings is 1. The summed E-state index contributed by atoms with van der Waals surface area (Å²) in [6, 6.07) is 7.85. The van der Waals surface area contributed by atoms with Crippen molar-refractivity contribution in [1.29, 1.82) is 0 Å². The molecule has 2 aromatic rings. The molecule has 106 valence electrons. The van der Waals surface area contributed by atoms with Crippen molar-refractivity contribution in [1.82, 2.24) is 4.98 Å². The summed E-state index contributed by atoms with van der Waals surface area (Å²) in [5.41, 5.74) is 0.910. The highest BCUT2D eigenvalue weighted by atomic mass is 32.1. The Labute approximate surface area is 122 Å². The number of likely N-dealkylation sites (N-methyl/N-ethyl adjacent to an activating group) is 1. The highest BCUT2D eigenvalue weighted by Gasteiger charge is 2.21. The molecule has 0 radical (unpaired) electrons. The molecular formula is C15H18N2O2S. The molecule has 0 N–H and O–H groups in total. The van der Waals surface area contributed by atoms with E-state index in [9.17, 15) is 4.79 Å². The van der Waals surface area contributed by atoms with E-state index in [0.717, 1.165) is 16.6 Å². The average Bonchev–Trinajstić information content (AvgIpc) is 2.89. The number of rotatable bonds is 6. The molecule has 5 heteroatoms. The number of benzene rings is 1. The summed E-state index contributed by atoms with van der Waals surface area (Å²) in [6.07, 6.45) is 2.03. The molecule has 1 amide bonds. The average molecular weight is 290 g/mol. The monoisotopic (exact) mass is 290 g/mol. The van der Waals surface area contributed by atoms with Crippen LogP contribution in [0.4, 0.5) is 5.13 Å². The number of nitrogens with zero attached hydrogens (tertiary/aromatic N) is 2. The Bertz CT molecular complexity index is 576. The van der Waals surface area contributed by atoms with E-state index in [0.29, 0.717) is 11.7 Å². The van der Waals surface area contributed by atoms with Crippen LogP contribution in [0.1, 0.15) is 13.3 Å². The molecular weight excluding hydrogens is 272 g/mol. The Morgan fingerprint density at radius 3 is 3.00 bits per heavy atom. The first kappa shape index (κ1) is 14.7. The Balaban J connectivity index is 2.07. The van der Waals surface area contributed by atoms with E-state index >= 15 is 0 Å². The summed E-state index contributed by atoms with van der Waals surface area (Å²) < 4.78 is 6.55. The second kappa shape index (κ2) is 6.63. The van der Waals surface area contributed by atoms with Crippen LogP contribution in [0.15, 0.2) is 36.9 Å². The summed E-state index contributed by atoms with van der Waals surface area (Å²) in [6.45, 7) is 5.89. The molecule has 0 aliphatic rings. The number of carbonyl (C=O) groups excluding carboxylic acids is 1. The third kappa shape index (κ3) is 3.23. The zero-order valence-electron chi connectivity index (χ0n) is 11.7. The van der Waals surface area contributed by atoms with Crippen LogP contribution >= 0.6 is 11.3 Å². The summed E-state index contributed by atoms with van der Waals surface area (Å²) in [5.74, 6) is -0.0897. The first-order valence-electron chi connectivity index (χ1n) is 6.49. The Hall–Kier alpha value is -1.72. The third-order valence-electron chi connectivity index (χ3n) is 2.94. The minimum absolute atomic E-state index is 0.0897. The molecule has 20 heavy (non-hydrogen) atoms. The second-order valence-electron chi connectivity index (χ2n) is 4.45. The van der Waals surface area contributed by atoms with Gasteiger partial charge in [-0.05, 0) is 25.5 Å². The molecule has 0 saturated carbocycles. The lowest BCUT2D eigenvalue weighted by atomic mass is 10.3. The van der Waals surface area contributed by atoms with Crippen LogP contribution in [0.3, 0.4) is 0 Å². The number of fused-ring (bicyclic) bond motifs is 1. The quantitative estimate of drug-likeness (QED) is 0.606. The van der Waals surface area contributed by atoms with Crippen LogP contribution in [-0.2, 0) is 9.53 Å². The second-order valence-corrected chi connectivity index (χ2v) is 5.46. The standard InChI is InChI=1S/C15H18N2O2S/c1-4-5-10-19-11(2)14(18)17(3)15-16-12-8-6-7-9-13(12)20-15/h4,6-9,11H,1,5,10H2,2-3H3. The third-order valence-corrected chi connectivity index (χ3v) is 4.05. The number of para-hydroxylation sites is 1. The van der Waals surface area contributed by atoms with Gasteiger partial charge in [0, 0.05) is 7.05 Å². The fraction of sp³-hybridized carbons (Fsp3) is 0.333. The topological polar surface area (TPSA) is 42.4 Å². The van der Waals surface area contributed by atoms with Crippen molar-refractivity contribution in [3.8, 4) is 0 Å². The summed E-state index contributed by atoms with van der Waals surface area (Å²) in [7, 11) is 1.73. The molecule has 0 spiro atoms. The van der Waals surface area contributed by atoms with Gasteiger partial charge in [0.25, 0.3) is 5.91 Å². The van der Waals surface area contributed by atoms with Crippen molar-refractivity contribution >= 4 is 32.6 Å². The molecule has 0 fully saturated rings. The van der Waals surface area contributed by atoms with E-state index < -0.39 is 6.10 Å². The molecule has 2 rings (SSSR count). The number of carbonyl (C=O) groups is 1. The van der Waals surface area contributed by atoms with Gasteiger partial charge in [0.05, 0.1) is 16.8 Å². The predicted octanol–water partition coefficient (Wildman–Crippen LogP) is 3.24. The highest BCUT2D eigenvalue weighted by molar-refractivity contribution is 7.22. The summed E-state index contributed by atoms with van der Waals surface area (Å²) in [5, 5.41) is 0.690. The van der Waals surface area contributed by atoms with Gasteiger partial charge in [-0.2, -0.15) is 0 Å². The summed E-state index contributed by atoms with van der Waals surface area (Å²) in [4.78, 5) is 18.3. The maximum atomic E-state index is 12.3. The van der Waals surface area contributed by atoms with Gasteiger partial charge in [-0.3, -0.25) is 9.69 Å². The van der Waals surface area contributed by atoms with Crippen molar-refractivity contribution < 1.29 is 9.53 Å². The molecule has 1 heterocycles. The lowest BCUT2D eigenvalue weighted by Gasteiger charge is -2.18. The van der Waals surface area contributed by atoms with Gasteiger partial charge in [0.2, 0.25) is 0 Å². The van der Waals surface area contributed by atoms with Crippen molar-refractivity contribution in [2.24, 2.45) is 0 Å². The van der Waals surface area contributed by atoms with Crippen LogP contribution in [0, 0.1) is 0 Å². The lowest BCUT2D eigenvalue weighted by Crippen LogP contribution is -2.36. The van der Waals surface area contributed by atoms with Crippen LogP contribution < -0.4 is 4.90 Å². The fourth-order valence-electron chi connectivity index (χ4n) is 1.77. The molecule has 4 nitrogen and oxygen atoms in total. The van der Waals surface area contributed by atoms with E-state index in [1.54, 1.807) is 24.9 Å². The molecule has 0 aliphatic carbocycles. The number of ether oxygens (including phenoxy) is 1. The van der Waals surface area contributed by atoms with Crippen molar-refractivity contribution in [2.75, 3.05) is 18.6 Å². The molecule has 1 unspecified atom stereocenters. The number of aromatic nitrogens is 1. The largest absolute Gasteiger partial charge is 0.368 e. The molecule has 0 bridgehead atoms. The van der Waals surface area contributed by atoms with Crippen LogP contribution in [0.25, 0.3) is 10.2 Å². The highest BCUT2D eigenvalue weighted by Crippen LogP contribution is 2.28. The zero-order chi connectivity index (χ0) is 14.5. The molecule has 0 aliphatic heterocycles. The van der Waals surface area contributed by atoms with E-state index in [-0.39, 0.29) is 5.91 Å². The van der Waals surface area contributed by atoms with Crippen LogP contribution in [0.2, 0.25) is 0 Å². The molecule has 1 aromatic heterocycles. The number of hydrogen-bond acceptors (Lipinski definition) is 4. The Morgan fingerprint density at radius 2 is 2.30 bits per heavy atom. The van der Waals surface area contributed by atoms with Gasteiger partial charge in [0.15, 0.2) is 5.13 Å². The Kier molecular flexibility index (Phi) is 4.87. The maximum absolute atomic E-state index is 12.3. The van der Waals surface area contributed by atoms with E-state index in [2.05, 4.69) is 11.6 Å². The van der Waals surface area contributed by atoms with Gasteiger partial charge in [-0.15, -0.1) is 6.58 Å². The van der Waals surface area contributed by atoms with Gasteiger partial charge < -0.3 is 4.74 Å². The van der Waals surface area contributed by atoms with Gasteiger partial charge in [0.1, 0.15) is 6.10 Å². The maximum Gasteiger partial charge on any atom is 0.257 e. The van der Waals surface area contributed by atoms with Gasteiger partial charge in [-0.25, -0.2) is 4.98 Å². The van der Waals surface area contributed by atoms with Gasteiger partial charge >= 0.3 is 0 Å². The number of amides is 1. The SMILES string of the molecule is C=CCCOC(C)C(=O)N(C)c1nc2ccccc2s1. The smallest absolute Gasteiger partial charge is 0.257 e. The fourth-order valence-corrected chi connectivity index (χ4v) is 2.70. The number of hydrogen-bond donors (Lipinski definition) is 0. The lowest BCUT2D eigenvalue weighted by molar-refractivity contribution is -0.128. The first-order valence-corrected chi connectivity index (χ1v) is 7.30. The van der Waals surface area contributed by atoms with Crippen LogP contribution in [-0.4, -0.2) is 30.6 Å². The molecule has 1 aromatic carbocycles. The predicted molar refractivity (Wildman–Crippen MR) is 83.3 cm³/mol. The Morgan fingerprint density at radius 1 is 1.55 bits per heavy atom. The van der Waals surface area contributed by atoms with E-state index in [1.807, 2.05) is 24.3 Å². The summed E-state index contributed by atoms with van der Waals surface area (Å²) >= 11 is 1.50. The zero-order valence-corrected chi connectivity index (χ0v) is 12.5. The number of anilines is 1. The van der Waals surface area contributed by atoms with Crippen molar-refractivity contribution in [2.45, 2.75) is 19.4 Å². The van der Waals surface area contributed by atoms with Crippen molar-refractivity contribution in [3.05, 3.63) is 36.9 Å². The molecule has 1 atom stereocenters. The van der Waals surface area contributed by atoms with E-state index in [4.69, 9.17) is 4.74 Å². The molecule has 0 saturated heterocycles. The van der Waals surface area contributed by atoms with Gasteiger partial charge in [-0.1, -0.05) is 29.5 Å². The van der Waals surface area contributed by atoms with Crippen LogP contribution in [0.5, 0.6) is 0 Å². The normalized spacial score (nSPS) is 12.3. The van der Waals surface area contributed by atoms with E-state index in [1.165, 1.54) is 11.3 Å². The minimum Gasteiger partial charge on any atom is -0.368 e. The minimum atomic E-state index is -0.480. The first-order chi connectivity index (χ1) is 9.63.